The van der Waals surface area contributed by atoms with Crippen molar-refractivity contribution in [3.8, 4) is 0 Å². The van der Waals surface area contributed by atoms with E-state index in [1.807, 2.05) is 0 Å². The van der Waals surface area contributed by atoms with Gasteiger partial charge in [-0.1, -0.05) is 54.8 Å². The molecule has 1 aromatic heterocycles. The zero-order valence-corrected chi connectivity index (χ0v) is 12.8. The Hall–Kier alpha value is -1.68. The third kappa shape index (κ3) is 2.35. The van der Waals surface area contributed by atoms with E-state index in [0.29, 0.717) is 5.92 Å². The van der Waals surface area contributed by atoms with E-state index in [9.17, 15) is 0 Å². The SMILES string of the molecule is c1ccc(C2(c3nc([C@H]4CCOC4)no3)CCCCC2)cc1. The van der Waals surface area contributed by atoms with Gasteiger partial charge in [-0.2, -0.15) is 4.98 Å². The smallest absolute Gasteiger partial charge is 0.237 e. The maximum absolute atomic E-state index is 5.76. The van der Waals surface area contributed by atoms with E-state index in [1.54, 1.807) is 0 Å². The number of ether oxygens (including phenoxy) is 1. The molecule has 0 unspecified atom stereocenters. The Labute approximate surface area is 130 Å². The molecule has 1 saturated carbocycles. The minimum Gasteiger partial charge on any atom is -0.381 e. The van der Waals surface area contributed by atoms with Crippen molar-refractivity contribution in [1.82, 2.24) is 10.1 Å². The quantitative estimate of drug-likeness (QED) is 0.864. The molecular formula is C18H22N2O2. The van der Waals surface area contributed by atoms with Gasteiger partial charge in [-0.3, -0.25) is 0 Å². The monoisotopic (exact) mass is 298 g/mol. The van der Waals surface area contributed by atoms with Crippen LogP contribution in [-0.4, -0.2) is 23.4 Å². The van der Waals surface area contributed by atoms with E-state index in [1.165, 1.54) is 24.8 Å². The molecule has 1 aliphatic heterocycles. The van der Waals surface area contributed by atoms with Crippen LogP contribution in [0.25, 0.3) is 0 Å². The molecule has 4 heteroatoms. The van der Waals surface area contributed by atoms with E-state index >= 15 is 0 Å². The highest BCUT2D eigenvalue weighted by molar-refractivity contribution is 5.32. The van der Waals surface area contributed by atoms with Crippen molar-refractivity contribution in [3.05, 3.63) is 47.6 Å². The molecule has 1 saturated heterocycles. The van der Waals surface area contributed by atoms with Crippen LogP contribution in [0, 0.1) is 0 Å². The second kappa shape index (κ2) is 5.84. The van der Waals surface area contributed by atoms with Gasteiger partial charge < -0.3 is 9.26 Å². The zero-order chi connectivity index (χ0) is 14.8. The molecule has 2 aromatic rings. The summed E-state index contributed by atoms with van der Waals surface area (Å²) in [4.78, 5) is 4.81. The Morgan fingerprint density at radius 2 is 1.86 bits per heavy atom. The minimum absolute atomic E-state index is 0.0930. The largest absolute Gasteiger partial charge is 0.381 e. The van der Waals surface area contributed by atoms with Crippen molar-refractivity contribution in [3.63, 3.8) is 0 Å². The number of nitrogens with zero attached hydrogens (tertiary/aromatic N) is 2. The second-order valence-corrected chi connectivity index (χ2v) is 6.53. The highest BCUT2D eigenvalue weighted by Gasteiger charge is 2.41. The third-order valence-electron chi connectivity index (χ3n) is 5.18. The van der Waals surface area contributed by atoms with E-state index in [2.05, 4.69) is 35.5 Å². The molecule has 4 rings (SSSR count). The van der Waals surface area contributed by atoms with Gasteiger partial charge in [0.25, 0.3) is 0 Å². The number of hydrogen-bond donors (Lipinski definition) is 0. The number of benzene rings is 1. The van der Waals surface area contributed by atoms with Crippen LogP contribution in [0.15, 0.2) is 34.9 Å². The lowest BCUT2D eigenvalue weighted by Gasteiger charge is -2.34. The normalized spacial score (nSPS) is 24.5. The fourth-order valence-corrected chi connectivity index (χ4v) is 3.87. The standard InChI is InChI=1S/C18H22N2O2/c1-3-7-15(8-4-1)18(10-5-2-6-11-18)17-19-16(20-22-17)14-9-12-21-13-14/h1,3-4,7-8,14H,2,5-6,9-13H2/t14-/m0/s1. The average Bonchev–Trinajstić information content (AvgIpc) is 3.28. The first kappa shape index (κ1) is 13.9. The molecule has 2 fully saturated rings. The van der Waals surface area contributed by atoms with E-state index in [-0.39, 0.29) is 5.41 Å². The van der Waals surface area contributed by atoms with Crippen molar-refractivity contribution >= 4 is 0 Å². The third-order valence-corrected chi connectivity index (χ3v) is 5.18. The Kier molecular flexibility index (Phi) is 3.70. The number of rotatable bonds is 3. The summed E-state index contributed by atoms with van der Waals surface area (Å²) in [6.45, 7) is 1.52. The van der Waals surface area contributed by atoms with Gasteiger partial charge in [0.1, 0.15) is 0 Å². The topological polar surface area (TPSA) is 48.2 Å². The average molecular weight is 298 g/mol. The summed E-state index contributed by atoms with van der Waals surface area (Å²) in [6.07, 6.45) is 6.93. The lowest BCUT2D eigenvalue weighted by Crippen LogP contribution is -2.31. The molecule has 0 spiro atoms. The van der Waals surface area contributed by atoms with Gasteiger partial charge in [-0.05, 0) is 24.8 Å². The molecule has 0 N–H and O–H groups in total. The van der Waals surface area contributed by atoms with Crippen LogP contribution in [0.5, 0.6) is 0 Å². The van der Waals surface area contributed by atoms with Gasteiger partial charge >= 0.3 is 0 Å². The van der Waals surface area contributed by atoms with Gasteiger partial charge in [-0.15, -0.1) is 0 Å². The molecule has 4 nitrogen and oxygen atoms in total. The van der Waals surface area contributed by atoms with E-state index < -0.39 is 0 Å². The van der Waals surface area contributed by atoms with Crippen LogP contribution in [0.4, 0.5) is 0 Å². The number of hydrogen-bond acceptors (Lipinski definition) is 4. The summed E-state index contributed by atoms with van der Waals surface area (Å²) in [5, 5.41) is 4.28. The van der Waals surface area contributed by atoms with Gasteiger partial charge in [0.05, 0.1) is 12.0 Å². The number of aromatic nitrogens is 2. The van der Waals surface area contributed by atoms with Crippen molar-refractivity contribution < 1.29 is 9.26 Å². The van der Waals surface area contributed by atoms with Crippen molar-refractivity contribution in [2.75, 3.05) is 13.2 Å². The first-order valence-corrected chi connectivity index (χ1v) is 8.36. The molecule has 2 heterocycles. The van der Waals surface area contributed by atoms with Crippen LogP contribution < -0.4 is 0 Å². The van der Waals surface area contributed by atoms with E-state index in [4.69, 9.17) is 14.2 Å². The molecule has 0 radical (unpaired) electrons. The molecule has 0 bridgehead atoms. The maximum Gasteiger partial charge on any atom is 0.237 e. The lowest BCUT2D eigenvalue weighted by molar-refractivity contribution is 0.192. The maximum atomic E-state index is 5.76. The van der Waals surface area contributed by atoms with Crippen LogP contribution in [-0.2, 0) is 10.2 Å². The first-order chi connectivity index (χ1) is 10.9. The molecule has 1 atom stereocenters. The molecular weight excluding hydrogens is 276 g/mol. The van der Waals surface area contributed by atoms with Crippen molar-refractivity contribution in [1.29, 1.82) is 0 Å². The molecule has 22 heavy (non-hydrogen) atoms. The van der Waals surface area contributed by atoms with Gasteiger partial charge in [-0.25, -0.2) is 0 Å². The van der Waals surface area contributed by atoms with Gasteiger partial charge in [0, 0.05) is 12.5 Å². The Morgan fingerprint density at radius 1 is 1.05 bits per heavy atom. The van der Waals surface area contributed by atoms with Crippen LogP contribution in [0.2, 0.25) is 0 Å². The van der Waals surface area contributed by atoms with Crippen molar-refractivity contribution in [2.45, 2.75) is 49.9 Å². The predicted octanol–water partition coefficient (Wildman–Crippen LogP) is 3.82. The summed E-state index contributed by atoms with van der Waals surface area (Å²) in [6, 6.07) is 10.7. The van der Waals surface area contributed by atoms with Crippen LogP contribution in [0.1, 0.15) is 61.7 Å². The molecule has 116 valence electrons. The van der Waals surface area contributed by atoms with Gasteiger partial charge in [0.15, 0.2) is 5.82 Å². The minimum atomic E-state index is -0.0930. The van der Waals surface area contributed by atoms with Crippen LogP contribution >= 0.6 is 0 Å². The Bertz CT molecular complexity index is 611. The van der Waals surface area contributed by atoms with Crippen LogP contribution in [0.3, 0.4) is 0 Å². The zero-order valence-electron chi connectivity index (χ0n) is 12.8. The fourth-order valence-electron chi connectivity index (χ4n) is 3.87. The fraction of sp³-hybridized carbons (Fsp3) is 0.556. The summed E-state index contributed by atoms with van der Waals surface area (Å²) in [5.41, 5.74) is 1.22. The Morgan fingerprint density at radius 3 is 2.59 bits per heavy atom. The Balaban J connectivity index is 1.72. The molecule has 2 aliphatic rings. The van der Waals surface area contributed by atoms with Gasteiger partial charge in [0.2, 0.25) is 5.89 Å². The molecule has 1 aromatic carbocycles. The summed E-state index contributed by atoms with van der Waals surface area (Å²) >= 11 is 0. The molecule has 0 amide bonds. The summed E-state index contributed by atoms with van der Waals surface area (Å²) < 4.78 is 11.2. The first-order valence-electron chi connectivity index (χ1n) is 8.36. The van der Waals surface area contributed by atoms with E-state index in [0.717, 1.165) is 44.2 Å². The highest BCUT2D eigenvalue weighted by Crippen LogP contribution is 2.44. The predicted molar refractivity (Wildman–Crippen MR) is 82.8 cm³/mol. The molecule has 1 aliphatic carbocycles. The highest BCUT2D eigenvalue weighted by atomic mass is 16.5. The van der Waals surface area contributed by atoms with Crippen molar-refractivity contribution in [2.24, 2.45) is 0 Å². The summed E-state index contributed by atoms with van der Waals surface area (Å²) in [7, 11) is 0. The second-order valence-electron chi connectivity index (χ2n) is 6.53. The summed E-state index contributed by atoms with van der Waals surface area (Å²) in [5.74, 6) is 1.93. The lowest BCUT2D eigenvalue weighted by atomic mass is 9.69.